The van der Waals surface area contributed by atoms with E-state index in [1.54, 1.807) is 29.5 Å². The summed E-state index contributed by atoms with van der Waals surface area (Å²) in [6.45, 7) is 4.30. The van der Waals surface area contributed by atoms with Crippen LogP contribution in [0.5, 0.6) is 0 Å². The van der Waals surface area contributed by atoms with E-state index in [1.165, 1.54) is 0 Å². The molecule has 1 amide bonds. The predicted molar refractivity (Wildman–Crippen MR) is 95.8 cm³/mol. The molecule has 138 valence electrons. The number of rotatable bonds is 2. The predicted octanol–water partition coefficient (Wildman–Crippen LogP) is 0.969. The van der Waals surface area contributed by atoms with Gasteiger partial charge in [-0.25, -0.2) is 15.0 Å². The van der Waals surface area contributed by atoms with Crippen LogP contribution >= 0.6 is 0 Å². The molecule has 4 heterocycles. The molecule has 2 aliphatic heterocycles. The van der Waals surface area contributed by atoms with Gasteiger partial charge in [-0.15, -0.1) is 0 Å². The molecule has 0 bridgehead atoms. The van der Waals surface area contributed by atoms with Crippen LogP contribution in [0.25, 0.3) is 0 Å². The van der Waals surface area contributed by atoms with Gasteiger partial charge in [-0.05, 0) is 18.9 Å². The van der Waals surface area contributed by atoms with Gasteiger partial charge in [0.2, 0.25) is 5.95 Å². The lowest BCUT2D eigenvalue weighted by Crippen LogP contribution is -2.52. The quantitative estimate of drug-likeness (QED) is 0.798. The first-order chi connectivity index (χ1) is 12.7. The van der Waals surface area contributed by atoms with Crippen molar-refractivity contribution in [1.29, 1.82) is 0 Å². The highest BCUT2D eigenvalue weighted by Gasteiger charge is 2.41. The Morgan fingerprint density at radius 2 is 2.04 bits per heavy atom. The van der Waals surface area contributed by atoms with Crippen LogP contribution in [0, 0.1) is 5.41 Å². The summed E-state index contributed by atoms with van der Waals surface area (Å²) in [7, 11) is 1.87. The number of hydrogen-bond acceptors (Lipinski definition) is 6. The standard InChI is InChI=1S/C18H24N6O2/c1-22-10-15(21-14-22)16(25)23-7-2-4-18(11-23)12-24(8-9-26-13-18)17-19-5-3-6-20-17/h3,5-6,10,14H,2,4,7-9,11-13H2,1H3. The Labute approximate surface area is 152 Å². The number of nitrogens with zero attached hydrogens (tertiary/aromatic N) is 6. The second-order valence-electron chi connectivity index (χ2n) is 7.28. The number of ether oxygens (including phenoxy) is 1. The second kappa shape index (κ2) is 7.03. The topological polar surface area (TPSA) is 76.4 Å². The van der Waals surface area contributed by atoms with Crippen molar-refractivity contribution in [2.75, 3.05) is 44.3 Å². The first-order valence-electron chi connectivity index (χ1n) is 9.02. The van der Waals surface area contributed by atoms with E-state index in [0.29, 0.717) is 25.5 Å². The van der Waals surface area contributed by atoms with Gasteiger partial charge in [0.25, 0.3) is 5.91 Å². The van der Waals surface area contributed by atoms with Crippen LogP contribution in [0.4, 0.5) is 5.95 Å². The van der Waals surface area contributed by atoms with Gasteiger partial charge in [0.15, 0.2) is 0 Å². The van der Waals surface area contributed by atoms with E-state index in [-0.39, 0.29) is 11.3 Å². The molecule has 0 aromatic carbocycles. The summed E-state index contributed by atoms with van der Waals surface area (Å²) < 4.78 is 7.72. The molecule has 4 rings (SSSR count). The normalized spacial score (nSPS) is 23.9. The van der Waals surface area contributed by atoms with Gasteiger partial charge < -0.3 is 19.1 Å². The maximum Gasteiger partial charge on any atom is 0.274 e. The number of anilines is 1. The maximum absolute atomic E-state index is 12.8. The van der Waals surface area contributed by atoms with E-state index in [0.717, 1.165) is 38.4 Å². The Bertz CT molecular complexity index is 764. The number of likely N-dealkylation sites (tertiary alicyclic amines) is 1. The minimum absolute atomic E-state index is 0.00330. The zero-order valence-electron chi connectivity index (χ0n) is 15.0. The lowest BCUT2D eigenvalue weighted by Gasteiger charge is -2.43. The molecule has 0 radical (unpaired) electrons. The minimum Gasteiger partial charge on any atom is -0.379 e. The summed E-state index contributed by atoms with van der Waals surface area (Å²) in [5, 5.41) is 0. The zero-order valence-corrected chi connectivity index (χ0v) is 15.0. The molecule has 0 saturated carbocycles. The van der Waals surface area contributed by atoms with Gasteiger partial charge in [0.1, 0.15) is 5.69 Å². The minimum atomic E-state index is -0.0988. The summed E-state index contributed by atoms with van der Waals surface area (Å²) in [4.78, 5) is 30.0. The summed E-state index contributed by atoms with van der Waals surface area (Å²) in [5.41, 5.74) is 0.403. The summed E-state index contributed by atoms with van der Waals surface area (Å²) in [6.07, 6.45) is 8.96. The summed E-state index contributed by atoms with van der Waals surface area (Å²) in [5.74, 6) is 0.724. The van der Waals surface area contributed by atoms with Crippen molar-refractivity contribution < 1.29 is 9.53 Å². The Morgan fingerprint density at radius 3 is 2.81 bits per heavy atom. The zero-order chi connectivity index (χ0) is 18.0. The fourth-order valence-corrected chi connectivity index (χ4v) is 3.93. The third-order valence-electron chi connectivity index (χ3n) is 5.15. The average molecular weight is 356 g/mol. The fourth-order valence-electron chi connectivity index (χ4n) is 3.93. The summed E-state index contributed by atoms with van der Waals surface area (Å²) >= 11 is 0. The third-order valence-corrected chi connectivity index (χ3v) is 5.15. The van der Waals surface area contributed by atoms with E-state index in [9.17, 15) is 4.79 Å². The van der Waals surface area contributed by atoms with Crippen molar-refractivity contribution in [1.82, 2.24) is 24.4 Å². The number of hydrogen-bond donors (Lipinski definition) is 0. The van der Waals surface area contributed by atoms with Crippen molar-refractivity contribution in [3.8, 4) is 0 Å². The van der Waals surface area contributed by atoms with Crippen molar-refractivity contribution in [2.45, 2.75) is 12.8 Å². The number of carbonyl (C=O) groups is 1. The molecule has 1 atom stereocenters. The highest BCUT2D eigenvalue weighted by atomic mass is 16.5. The van der Waals surface area contributed by atoms with Crippen molar-refractivity contribution in [2.24, 2.45) is 12.5 Å². The Kier molecular flexibility index (Phi) is 4.58. The molecule has 8 heteroatoms. The van der Waals surface area contributed by atoms with Crippen molar-refractivity contribution in [3.63, 3.8) is 0 Å². The molecule has 2 saturated heterocycles. The van der Waals surface area contributed by atoms with Crippen LogP contribution in [-0.4, -0.2) is 69.7 Å². The molecule has 1 unspecified atom stereocenters. The molecule has 2 aromatic heterocycles. The molecule has 1 spiro atoms. The Balaban J connectivity index is 1.53. The van der Waals surface area contributed by atoms with Crippen LogP contribution in [0.3, 0.4) is 0 Å². The van der Waals surface area contributed by atoms with E-state index in [2.05, 4.69) is 19.9 Å². The molecule has 0 aliphatic carbocycles. The van der Waals surface area contributed by atoms with Crippen LogP contribution in [-0.2, 0) is 11.8 Å². The molecule has 8 nitrogen and oxygen atoms in total. The van der Waals surface area contributed by atoms with Crippen molar-refractivity contribution in [3.05, 3.63) is 36.7 Å². The number of aromatic nitrogens is 4. The number of imidazole rings is 1. The average Bonchev–Trinajstić information content (AvgIpc) is 3.00. The largest absolute Gasteiger partial charge is 0.379 e. The lowest BCUT2D eigenvalue weighted by molar-refractivity contribution is 0.0133. The van der Waals surface area contributed by atoms with Gasteiger partial charge in [0, 0.05) is 57.2 Å². The number of carbonyl (C=O) groups excluding carboxylic acids is 1. The summed E-state index contributed by atoms with van der Waals surface area (Å²) in [6, 6.07) is 1.82. The van der Waals surface area contributed by atoms with Crippen molar-refractivity contribution >= 4 is 11.9 Å². The van der Waals surface area contributed by atoms with Crippen LogP contribution in [0.2, 0.25) is 0 Å². The van der Waals surface area contributed by atoms with Crippen LogP contribution < -0.4 is 4.90 Å². The molecular weight excluding hydrogens is 332 g/mol. The van der Waals surface area contributed by atoms with Gasteiger partial charge >= 0.3 is 0 Å². The molecule has 2 aromatic rings. The maximum atomic E-state index is 12.8. The monoisotopic (exact) mass is 356 g/mol. The molecular formula is C18H24N6O2. The van der Waals surface area contributed by atoms with Gasteiger partial charge in [-0.1, -0.05) is 0 Å². The SMILES string of the molecule is Cn1cnc(C(=O)N2CCCC3(COCCN(c4ncccn4)C3)C2)c1. The lowest BCUT2D eigenvalue weighted by atomic mass is 9.80. The van der Waals surface area contributed by atoms with Gasteiger partial charge in [-0.2, -0.15) is 0 Å². The van der Waals surface area contributed by atoms with E-state index >= 15 is 0 Å². The van der Waals surface area contributed by atoms with Crippen LogP contribution in [0.1, 0.15) is 23.3 Å². The van der Waals surface area contributed by atoms with E-state index in [1.807, 2.05) is 18.0 Å². The van der Waals surface area contributed by atoms with Gasteiger partial charge in [0.05, 0.1) is 19.5 Å². The first kappa shape index (κ1) is 17.0. The highest BCUT2D eigenvalue weighted by molar-refractivity contribution is 5.92. The smallest absolute Gasteiger partial charge is 0.274 e. The molecule has 2 fully saturated rings. The molecule has 26 heavy (non-hydrogen) atoms. The Morgan fingerprint density at radius 1 is 1.19 bits per heavy atom. The van der Waals surface area contributed by atoms with Gasteiger partial charge in [-0.3, -0.25) is 4.79 Å². The fraction of sp³-hybridized carbons (Fsp3) is 0.556. The Hall–Kier alpha value is -2.48. The molecule has 0 N–H and O–H groups in total. The number of aryl methyl sites for hydroxylation is 1. The highest BCUT2D eigenvalue weighted by Crippen LogP contribution is 2.34. The van der Waals surface area contributed by atoms with Crippen LogP contribution in [0.15, 0.2) is 31.0 Å². The number of piperidine rings is 1. The second-order valence-corrected chi connectivity index (χ2v) is 7.28. The first-order valence-corrected chi connectivity index (χ1v) is 9.02. The van der Waals surface area contributed by atoms with E-state index in [4.69, 9.17) is 4.74 Å². The number of amides is 1. The van der Waals surface area contributed by atoms with E-state index < -0.39 is 0 Å². The molecule has 2 aliphatic rings. The third kappa shape index (κ3) is 3.41.